The minimum absolute atomic E-state index is 0.163. The van der Waals surface area contributed by atoms with E-state index in [0.29, 0.717) is 17.2 Å². The largest absolute Gasteiger partial charge is 0.454 e. The van der Waals surface area contributed by atoms with Gasteiger partial charge in [0.05, 0.1) is 0 Å². The van der Waals surface area contributed by atoms with Crippen LogP contribution in [0.1, 0.15) is 23.1 Å². The molecule has 0 saturated carbocycles. The molecule has 2 aliphatic rings. The van der Waals surface area contributed by atoms with Crippen molar-refractivity contribution in [3.05, 3.63) is 107 Å². The van der Waals surface area contributed by atoms with Gasteiger partial charge in [-0.25, -0.2) is 0 Å². The number of rotatable bonds is 5. The number of amides is 1. The van der Waals surface area contributed by atoms with Crippen molar-refractivity contribution in [1.29, 1.82) is 0 Å². The molecule has 3 aromatic carbocycles. The third-order valence-electron chi connectivity index (χ3n) is 5.69. The maximum Gasteiger partial charge on any atom is 0.248 e. The molecule has 1 N–H and O–H groups in total. The van der Waals surface area contributed by atoms with Crippen molar-refractivity contribution in [2.75, 3.05) is 12.1 Å². The highest BCUT2D eigenvalue weighted by atomic mass is 16.7. The van der Waals surface area contributed by atoms with Gasteiger partial charge in [0.1, 0.15) is 0 Å². The zero-order valence-corrected chi connectivity index (χ0v) is 17.1. The van der Waals surface area contributed by atoms with Gasteiger partial charge < -0.3 is 14.8 Å². The van der Waals surface area contributed by atoms with Gasteiger partial charge in [-0.15, -0.1) is 0 Å². The van der Waals surface area contributed by atoms with Crippen LogP contribution in [-0.4, -0.2) is 12.7 Å². The molecule has 31 heavy (non-hydrogen) atoms. The molecule has 1 aliphatic heterocycles. The van der Waals surface area contributed by atoms with Crippen molar-refractivity contribution < 1.29 is 14.3 Å². The van der Waals surface area contributed by atoms with E-state index in [1.807, 2.05) is 18.2 Å². The van der Waals surface area contributed by atoms with Crippen molar-refractivity contribution in [2.24, 2.45) is 0 Å². The van der Waals surface area contributed by atoms with Crippen LogP contribution >= 0.6 is 0 Å². The van der Waals surface area contributed by atoms with Crippen LogP contribution < -0.4 is 14.8 Å². The highest BCUT2D eigenvalue weighted by Gasteiger charge is 2.18. The summed E-state index contributed by atoms with van der Waals surface area (Å²) in [7, 11) is 0. The molecular weight excluding hydrogens is 386 g/mol. The summed E-state index contributed by atoms with van der Waals surface area (Å²) < 4.78 is 10.7. The van der Waals surface area contributed by atoms with E-state index in [1.165, 1.54) is 27.8 Å². The van der Waals surface area contributed by atoms with E-state index in [2.05, 4.69) is 53.8 Å². The highest BCUT2D eigenvalue weighted by Crippen LogP contribution is 2.35. The number of allylic oxidation sites excluding steroid dienone is 3. The number of ether oxygens (including phenoxy) is 2. The third-order valence-corrected chi connectivity index (χ3v) is 5.69. The van der Waals surface area contributed by atoms with E-state index in [4.69, 9.17) is 9.47 Å². The van der Waals surface area contributed by atoms with Crippen LogP contribution in [0.5, 0.6) is 11.5 Å². The Balaban J connectivity index is 1.39. The molecule has 0 fully saturated rings. The Morgan fingerprint density at radius 1 is 0.903 bits per heavy atom. The van der Waals surface area contributed by atoms with E-state index in [9.17, 15) is 4.79 Å². The Morgan fingerprint density at radius 2 is 1.71 bits per heavy atom. The Kier molecular flexibility index (Phi) is 5.28. The quantitative estimate of drug-likeness (QED) is 0.562. The summed E-state index contributed by atoms with van der Waals surface area (Å²) in [5.74, 6) is 1.19. The van der Waals surface area contributed by atoms with E-state index in [-0.39, 0.29) is 12.7 Å². The molecule has 0 saturated heterocycles. The number of aryl methyl sites for hydroxylation is 1. The van der Waals surface area contributed by atoms with Crippen LogP contribution in [0.25, 0.3) is 5.57 Å². The summed E-state index contributed by atoms with van der Waals surface area (Å²) in [6.45, 7) is 0.215. The monoisotopic (exact) mass is 409 g/mol. The van der Waals surface area contributed by atoms with Gasteiger partial charge in [-0.1, -0.05) is 60.7 Å². The Hall–Kier alpha value is -3.79. The first-order chi connectivity index (χ1) is 15.3. The van der Waals surface area contributed by atoms with Crippen molar-refractivity contribution in [3.8, 4) is 11.5 Å². The molecule has 5 rings (SSSR count). The second-order valence-corrected chi connectivity index (χ2v) is 7.71. The minimum Gasteiger partial charge on any atom is -0.454 e. The van der Waals surface area contributed by atoms with Crippen LogP contribution in [0.15, 0.2) is 90.5 Å². The maximum absolute atomic E-state index is 12.6. The molecule has 0 unspecified atom stereocenters. The zero-order chi connectivity index (χ0) is 21.0. The molecule has 0 bridgehead atoms. The fourth-order valence-electron chi connectivity index (χ4n) is 4.15. The fourth-order valence-corrected chi connectivity index (χ4v) is 4.15. The molecule has 0 radical (unpaired) electrons. The summed E-state index contributed by atoms with van der Waals surface area (Å²) in [5.41, 5.74) is 7.11. The van der Waals surface area contributed by atoms with Crippen molar-refractivity contribution in [1.82, 2.24) is 0 Å². The van der Waals surface area contributed by atoms with Crippen LogP contribution in [0.3, 0.4) is 0 Å². The molecule has 1 amide bonds. The number of fused-ring (bicyclic) bond motifs is 2. The van der Waals surface area contributed by atoms with Gasteiger partial charge >= 0.3 is 0 Å². The number of hydrogen-bond acceptors (Lipinski definition) is 3. The fraction of sp³-hybridized carbons (Fsp3) is 0.148. The van der Waals surface area contributed by atoms with Crippen LogP contribution in [0.2, 0.25) is 0 Å². The summed E-state index contributed by atoms with van der Waals surface area (Å²) in [5, 5.41) is 2.91. The lowest BCUT2D eigenvalue weighted by Crippen LogP contribution is -2.09. The average Bonchev–Trinajstić information content (AvgIpc) is 3.27. The smallest absolute Gasteiger partial charge is 0.248 e. The molecule has 1 aliphatic carbocycles. The van der Waals surface area contributed by atoms with Crippen molar-refractivity contribution in [3.63, 3.8) is 0 Å². The maximum atomic E-state index is 12.6. The van der Waals surface area contributed by atoms with Gasteiger partial charge in [0.25, 0.3) is 0 Å². The van der Waals surface area contributed by atoms with E-state index < -0.39 is 0 Å². The van der Waals surface area contributed by atoms with Crippen LogP contribution in [-0.2, 0) is 17.6 Å². The lowest BCUT2D eigenvalue weighted by Gasteiger charge is -2.22. The second-order valence-electron chi connectivity index (χ2n) is 7.71. The number of nitrogens with one attached hydrogen (secondary N) is 1. The number of carbonyl (C=O) groups is 1. The molecule has 3 aromatic rings. The third kappa shape index (κ3) is 4.24. The molecule has 154 valence electrons. The molecule has 4 heteroatoms. The average molecular weight is 409 g/mol. The summed E-state index contributed by atoms with van der Waals surface area (Å²) >= 11 is 0. The van der Waals surface area contributed by atoms with E-state index in [1.54, 1.807) is 18.2 Å². The van der Waals surface area contributed by atoms with Crippen molar-refractivity contribution >= 4 is 17.2 Å². The Labute approximate surface area is 181 Å². The zero-order valence-electron chi connectivity index (χ0n) is 17.1. The minimum atomic E-state index is -0.163. The highest BCUT2D eigenvalue weighted by molar-refractivity contribution is 6.00. The molecule has 0 spiro atoms. The normalized spacial score (nSPS) is 14.6. The van der Waals surface area contributed by atoms with Crippen LogP contribution in [0.4, 0.5) is 5.69 Å². The van der Waals surface area contributed by atoms with Gasteiger partial charge in [0, 0.05) is 17.8 Å². The van der Waals surface area contributed by atoms with Gasteiger partial charge in [0.15, 0.2) is 11.5 Å². The Bertz CT molecular complexity index is 1180. The van der Waals surface area contributed by atoms with Gasteiger partial charge in [0.2, 0.25) is 12.7 Å². The molecular formula is C27H23NO3. The molecule has 0 atom stereocenters. The standard InChI is InChI=1S/C27H23NO3/c29-27(28-22-13-14-25-26(17-22)31-18-30-25)15-12-21-11-10-20-8-4-5-9-23(20)24(21)16-19-6-2-1-3-7-19/h1-9,12-15,17H,10-11,16,18H2,(H,28,29)/b15-12+. The number of hydrogen-bond donors (Lipinski definition) is 1. The van der Waals surface area contributed by atoms with E-state index >= 15 is 0 Å². The summed E-state index contributed by atoms with van der Waals surface area (Å²) in [6.07, 6.45) is 6.35. The molecule has 0 aromatic heterocycles. The first kappa shape index (κ1) is 19.2. The topological polar surface area (TPSA) is 47.6 Å². The summed E-state index contributed by atoms with van der Waals surface area (Å²) in [4.78, 5) is 12.6. The lowest BCUT2D eigenvalue weighted by atomic mass is 9.82. The predicted molar refractivity (Wildman–Crippen MR) is 122 cm³/mol. The van der Waals surface area contributed by atoms with E-state index in [0.717, 1.165) is 19.3 Å². The first-order valence-electron chi connectivity index (χ1n) is 10.5. The number of carbonyl (C=O) groups excluding carboxylic acids is 1. The van der Waals surface area contributed by atoms with Gasteiger partial charge in [-0.3, -0.25) is 4.79 Å². The van der Waals surface area contributed by atoms with Gasteiger partial charge in [-0.2, -0.15) is 0 Å². The molecule has 4 nitrogen and oxygen atoms in total. The number of benzene rings is 3. The first-order valence-corrected chi connectivity index (χ1v) is 10.5. The van der Waals surface area contributed by atoms with Crippen molar-refractivity contribution in [2.45, 2.75) is 19.3 Å². The molecule has 1 heterocycles. The predicted octanol–water partition coefficient (Wildman–Crippen LogP) is 5.55. The number of anilines is 1. The van der Waals surface area contributed by atoms with Crippen LogP contribution in [0, 0.1) is 0 Å². The summed E-state index contributed by atoms with van der Waals surface area (Å²) in [6, 6.07) is 24.4. The Morgan fingerprint density at radius 3 is 2.61 bits per heavy atom. The SMILES string of the molecule is O=C(/C=C/C1=C(Cc2ccccc2)c2ccccc2CC1)Nc1ccc2c(c1)OCO2. The lowest BCUT2D eigenvalue weighted by molar-refractivity contribution is -0.111. The van der Waals surface area contributed by atoms with Gasteiger partial charge in [-0.05, 0) is 59.2 Å². The second kappa shape index (κ2) is 8.52.